The van der Waals surface area contributed by atoms with E-state index < -0.39 is 0 Å². The molecule has 3 unspecified atom stereocenters. The Kier molecular flexibility index (Phi) is 4.82. The van der Waals surface area contributed by atoms with Gasteiger partial charge in [-0.15, -0.1) is 0 Å². The van der Waals surface area contributed by atoms with Gasteiger partial charge in [-0.05, 0) is 31.1 Å². The highest BCUT2D eigenvalue weighted by atomic mass is 16.2. The molecule has 1 rings (SSSR count). The molecule has 0 radical (unpaired) electrons. The van der Waals surface area contributed by atoms with Crippen molar-refractivity contribution < 1.29 is 4.79 Å². The molecule has 18 heavy (non-hydrogen) atoms. The van der Waals surface area contributed by atoms with E-state index in [-0.39, 0.29) is 29.6 Å². The molecule has 1 fully saturated rings. The van der Waals surface area contributed by atoms with Crippen LogP contribution in [0.4, 0.5) is 0 Å². The summed E-state index contributed by atoms with van der Waals surface area (Å²) >= 11 is 0. The van der Waals surface area contributed by atoms with E-state index in [9.17, 15) is 4.79 Å². The lowest BCUT2D eigenvalue weighted by molar-refractivity contribution is -0.134. The van der Waals surface area contributed by atoms with Crippen LogP contribution in [0.3, 0.4) is 0 Å². The molecule has 1 aliphatic heterocycles. The predicted octanol–water partition coefficient (Wildman–Crippen LogP) is 3.00. The van der Waals surface area contributed by atoms with Crippen molar-refractivity contribution in [2.45, 2.75) is 79.6 Å². The molecule has 1 saturated heterocycles. The number of rotatable bonds is 4. The lowest BCUT2D eigenvalue weighted by atomic mass is 9.86. The molecule has 1 aliphatic rings. The molecule has 3 atom stereocenters. The average Bonchev–Trinajstić information content (AvgIpc) is 2.52. The fraction of sp³-hybridized carbons (Fsp3) is 0.933. The van der Waals surface area contributed by atoms with E-state index >= 15 is 0 Å². The second-order valence-corrected chi connectivity index (χ2v) is 7.06. The Bertz CT molecular complexity index is 293. The van der Waals surface area contributed by atoms with Gasteiger partial charge in [-0.1, -0.05) is 41.5 Å². The fourth-order valence-electron chi connectivity index (χ4n) is 2.55. The molecule has 106 valence electrons. The third kappa shape index (κ3) is 3.25. The molecular formula is C15H30N2O. The van der Waals surface area contributed by atoms with Gasteiger partial charge in [-0.25, -0.2) is 0 Å². The van der Waals surface area contributed by atoms with Gasteiger partial charge >= 0.3 is 0 Å². The average molecular weight is 254 g/mol. The van der Waals surface area contributed by atoms with E-state index in [0.717, 1.165) is 12.8 Å². The van der Waals surface area contributed by atoms with Crippen molar-refractivity contribution in [1.29, 1.82) is 0 Å². The molecule has 3 nitrogen and oxygen atoms in total. The molecule has 0 aromatic rings. The highest BCUT2D eigenvalue weighted by molar-refractivity contribution is 5.84. The smallest absolute Gasteiger partial charge is 0.241 e. The van der Waals surface area contributed by atoms with Crippen molar-refractivity contribution in [2.75, 3.05) is 0 Å². The number of carbonyl (C=O) groups is 1. The van der Waals surface area contributed by atoms with Gasteiger partial charge in [0.15, 0.2) is 0 Å². The second kappa shape index (κ2) is 5.60. The van der Waals surface area contributed by atoms with Crippen molar-refractivity contribution in [1.82, 2.24) is 10.2 Å². The van der Waals surface area contributed by atoms with Crippen molar-refractivity contribution in [3.8, 4) is 0 Å². The van der Waals surface area contributed by atoms with Gasteiger partial charge in [-0.2, -0.15) is 0 Å². The number of hydrogen-bond acceptors (Lipinski definition) is 2. The standard InChI is InChI=1S/C15H30N2O/c1-8-13-16-12(9-10(2)3)14(18)17(13)11(4)15(5,6)7/h10-13,16H,8-9H2,1-7H3. The van der Waals surface area contributed by atoms with E-state index in [1.54, 1.807) is 0 Å². The lowest BCUT2D eigenvalue weighted by Crippen LogP contribution is -2.48. The van der Waals surface area contributed by atoms with Crippen LogP contribution in [0, 0.1) is 11.3 Å². The zero-order chi connectivity index (χ0) is 14.1. The molecule has 0 aromatic heterocycles. The summed E-state index contributed by atoms with van der Waals surface area (Å²) < 4.78 is 0. The quantitative estimate of drug-likeness (QED) is 0.836. The van der Waals surface area contributed by atoms with Crippen molar-refractivity contribution in [2.24, 2.45) is 11.3 Å². The van der Waals surface area contributed by atoms with Crippen LogP contribution in [0.15, 0.2) is 0 Å². The van der Waals surface area contributed by atoms with Crippen LogP contribution in [-0.4, -0.2) is 29.1 Å². The highest BCUT2D eigenvalue weighted by Crippen LogP contribution is 2.30. The molecule has 1 heterocycles. The zero-order valence-electron chi connectivity index (χ0n) is 13.1. The Morgan fingerprint density at radius 3 is 2.22 bits per heavy atom. The summed E-state index contributed by atoms with van der Waals surface area (Å²) in [5.41, 5.74) is 0.123. The Morgan fingerprint density at radius 1 is 1.28 bits per heavy atom. The van der Waals surface area contributed by atoms with Crippen molar-refractivity contribution >= 4 is 5.91 Å². The Morgan fingerprint density at radius 2 is 1.83 bits per heavy atom. The minimum atomic E-state index is 0.0137. The van der Waals surface area contributed by atoms with Gasteiger partial charge in [0.25, 0.3) is 0 Å². The molecular weight excluding hydrogens is 224 g/mol. The van der Waals surface area contributed by atoms with E-state index in [2.05, 4.69) is 58.7 Å². The fourth-order valence-corrected chi connectivity index (χ4v) is 2.55. The normalized spacial score (nSPS) is 27.1. The molecule has 1 N–H and O–H groups in total. The van der Waals surface area contributed by atoms with Gasteiger partial charge < -0.3 is 4.90 Å². The lowest BCUT2D eigenvalue weighted by Gasteiger charge is -2.38. The van der Waals surface area contributed by atoms with Gasteiger partial charge in [0.05, 0.1) is 12.2 Å². The second-order valence-electron chi connectivity index (χ2n) is 7.06. The summed E-state index contributed by atoms with van der Waals surface area (Å²) in [5, 5.41) is 3.50. The monoisotopic (exact) mass is 254 g/mol. The van der Waals surface area contributed by atoms with E-state index in [4.69, 9.17) is 0 Å². The summed E-state index contributed by atoms with van der Waals surface area (Å²) in [6.45, 7) is 15.3. The zero-order valence-corrected chi connectivity index (χ0v) is 13.1. The van der Waals surface area contributed by atoms with Crippen molar-refractivity contribution in [3.63, 3.8) is 0 Å². The first-order valence-electron chi connectivity index (χ1n) is 7.26. The van der Waals surface area contributed by atoms with E-state index in [1.165, 1.54) is 0 Å². The van der Waals surface area contributed by atoms with Crippen LogP contribution in [0.1, 0.15) is 61.3 Å². The van der Waals surface area contributed by atoms with Crippen LogP contribution in [0.5, 0.6) is 0 Å². The molecule has 3 heteroatoms. The SMILES string of the molecule is CCC1NC(CC(C)C)C(=O)N1C(C)C(C)(C)C. The van der Waals surface area contributed by atoms with Gasteiger partial charge in [0.2, 0.25) is 5.91 Å². The highest BCUT2D eigenvalue weighted by Gasteiger charge is 2.43. The first-order valence-corrected chi connectivity index (χ1v) is 7.26. The van der Waals surface area contributed by atoms with Crippen LogP contribution < -0.4 is 5.32 Å². The number of nitrogens with zero attached hydrogens (tertiary/aromatic N) is 1. The third-order valence-corrected chi connectivity index (χ3v) is 4.05. The minimum Gasteiger partial charge on any atom is -0.323 e. The van der Waals surface area contributed by atoms with Crippen LogP contribution in [0.2, 0.25) is 0 Å². The number of nitrogens with one attached hydrogen (secondary N) is 1. The minimum absolute atomic E-state index is 0.0137. The largest absolute Gasteiger partial charge is 0.323 e. The summed E-state index contributed by atoms with van der Waals surface area (Å²) in [6, 6.07) is 0.277. The molecule has 0 aliphatic carbocycles. The molecule has 0 spiro atoms. The Labute approximate surface area is 112 Å². The topological polar surface area (TPSA) is 32.3 Å². The molecule has 0 aromatic carbocycles. The third-order valence-electron chi connectivity index (χ3n) is 4.05. The number of hydrogen-bond donors (Lipinski definition) is 1. The van der Waals surface area contributed by atoms with Crippen LogP contribution in [-0.2, 0) is 4.79 Å². The Hall–Kier alpha value is -0.570. The van der Waals surface area contributed by atoms with Gasteiger partial charge in [-0.3, -0.25) is 10.1 Å². The number of carbonyl (C=O) groups excluding carboxylic acids is 1. The van der Waals surface area contributed by atoms with Crippen LogP contribution >= 0.6 is 0 Å². The maximum atomic E-state index is 12.6. The first-order chi connectivity index (χ1) is 8.18. The summed E-state index contributed by atoms with van der Waals surface area (Å²) in [4.78, 5) is 14.6. The van der Waals surface area contributed by atoms with Crippen LogP contribution in [0.25, 0.3) is 0 Å². The van der Waals surface area contributed by atoms with E-state index in [0.29, 0.717) is 5.92 Å². The maximum Gasteiger partial charge on any atom is 0.241 e. The van der Waals surface area contributed by atoms with Crippen molar-refractivity contribution in [3.05, 3.63) is 0 Å². The molecule has 0 saturated carbocycles. The summed E-state index contributed by atoms with van der Waals surface area (Å²) in [5.74, 6) is 0.840. The summed E-state index contributed by atoms with van der Waals surface area (Å²) in [6.07, 6.45) is 2.11. The predicted molar refractivity (Wildman–Crippen MR) is 76.2 cm³/mol. The molecule has 1 amide bonds. The summed E-state index contributed by atoms with van der Waals surface area (Å²) in [7, 11) is 0. The number of amides is 1. The van der Waals surface area contributed by atoms with Gasteiger partial charge in [0, 0.05) is 6.04 Å². The Balaban J connectivity index is 2.86. The maximum absolute atomic E-state index is 12.6. The first kappa shape index (κ1) is 15.5. The van der Waals surface area contributed by atoms with Gasteiger partial charge in [0.1, 0.15) is 0 Å². The van der Waals surface area contributed by atoms with E-state index in [1.807, 2.05) is 0 Å². The molecule has 0 bridgehead atoms.